The van der Waals surface area contributed by atoms with Crippen LogP contribution in [0.5, 0.6) is 11.5 Å². The third-order valence-electron chi connectivity index (χ3n) is 5.05. The van der Waals surface area contributed by atoms with Crippen molar-refractivity contribution in [1.82, 2.24) is 9.80 Å². The van der Waals surface area contributed by atoms with E-state index in [1.54, 1.807) is 0 Å². The molecule has 2 aliphatic heterocycles. The third-order valence-corrected chi connectivity index (χ3v) is 5.91. The molecule has 3 heterocycles. The summed E-state index contributed by atoms with van der Waals surface area (Å²) in [6.07, 6.45) is 0. The fraction of sp³-hybridized carbons (Fsp3) is 0.400. The van der Waals surface area contributed by atoms with Crippen molar-refractivity contribution in [2.75, 3.05) is 46.6 Å². The molecule has 0 radical (unpaired) electrons. The predicted molar refractivity (Wildman–Crippen MR) is 105 cm³/mol. The number of nitrogens with zero attached hydrogens (tertiary/aromatic N) is 2. The lowest BCUT2D eigenvalue weighted by molar-refractivity contribution is -0.885. The maximum Gasteiger partial charge on any atom is 0.277 e. The number of rotatable bonds is 5. The van der Waals surface area contributed by atoms with E-state index in [4.69, 9.17) is 9.47 Å². The van der Waals surface area contributed by atoms with E-state index in [1.807, 2.05) is 52.6 Å². The van der Waals surface area contributed by atoms with E-state index in [9.17, 15) is 9.59 Å². The lowest BCUT2D eigenvalue weighted by Crippen LogP contribution is -3.09. The highest BCUT2D eigenvalue weighted by Crippen LogP contribution is 2.32. The predicted octanol–water partition coefficient (Wildman–Crippen LogP) is 0.476. The molecule has 28 heavy (non-hydrogen) atoms. The van der Waals surface area contributed by atoms with Gasteiger partial charge in [-0.25, -0.2) is 0 Å². The van der Waals surface area contributed by atoms with Gasteiger partial charge in [-0.05, 0) is 29.6 Å². The van der Waals surface area contributed by atoms with Crippen molar-refractivity contribution in [3.05, 3.63) is 46.2 Å². The number of hydrogen-bond acceptors (Lipinski definition) is 5. The number of piperazine rings is 1. The van der Waals surface area contributed by atoms with Crippen molar-refractivity contribution in [2.45, 2.75) is 6.54 Å². The molecule has 7 nitrogen and oxygen atoms in total. The highest BCUT2D eigenvalue weighted by Gasteiger charge is 2.26. The smallest absolute Gasteiger partial charge is 0.277 e. The van der Waals surface area contributed by atoms with E-state index >= 15 is 0 Å². The van der Waals surface area contributed by atoms with E-state index in [0.717, 1.165) is 33.4 Å². The van der Waals surface area contributed by atoms with Gasteiger partial charge in [0.25, 0.3) is 11.8 Å². The van der Waals surface area contributed by atoms with Crippen LogP contribution in [0.25, 0.3) is 0 Å². The molecule has 4 rings (SSSR count). The standard InChI is InChI=1S/C20H23N3O4S/c1-21(12-15-4-5-16-17(11-15)27-14-26-16)13-19(24)22-6-8-23(9-7-22)20(25)18-3-2-10-28-18/h2-5,10-11H,6-9,12-14H2,1H3/p+1. The number of nitrogens with one attached hydrogen (secondary N) is 1. The lowest BCUT2D eigenvalue weighted by atomic mass is 10.2. The normalized spacial score (nSPS) is 16.9. The van der Waals surface area contributed by atoms with Crippen LogP contribution in [0.2, 0.25) is 0 Å². The Morgan fingerprint density at radius 1 is 1.07 bits per heavy atom. The number of thiophene rings is 1. The van der Waals surface area contributed by atoms with Gasteiger partial charge in [0, 0.05) is 31.7 Å². The SMILES string of the molecule is C[NH+](CC(=O)N1CCN(C(=O)c2cccs2)CC1)Cc1ccc2c(c1)OCO2. The van der Waals surface area contributed by atoms with Crippen LogP contribution in [-0.2, 0) is 11.3 Å². The molecule has 2 aliphatic rings. The van der Waals surface area contributed by atoms with E-state index in [2.05, 4.69) is 0 Å². The molecular formula is C20H24N3O4S+. The average Bonchev–Trinajstić information content (AvgIpc) is 3.39. The molecule has 1 aromatic heterocycles. The topological polar surface area (TPSA) is 63.5 Å². The van der Waals surface area contributed by atoms with Gasteiger partial charge in [-0.2, -0.15) is 0 Å². The van der Waals surface area contributed by atoms with Crippen LogP contribution in [0.4, 0.5) is 0 Å². The van der Waals surface area contributed by atoms with E-state index in [-0.39, 0.29) is 18.6 Å². The van der Waals surface area contributed by atoms with Crippen molar-refractivity contribution in [3.63, 3.8) is 0 Å². The quantitative estimate of drug-likeness (QED) is 0.790. The average molecular weight is 402 g/mol. The molecule has 1 atom stereocenters. The van der Waals surface area contributed by atoms with Gasteiger partial charge < -0.3 is 24.2 Å². The zero-order chi connectivity index (χ0) is 19.5. The Hall–Kier alpha value is -2.58. The van der Waals surface area contributed by atoms with Crippen molar-refractivity contribution >= 4 is 23.2 Å². The largest absolute Gasteiger partial charge is 0.454 e. The minimum Gasteiger partial charge on any atom is -0.454 e. The zero-order valence-electron chi connectivity index (χ0n) is 15.8. The van der Waals surface area contributed by atoms with E-state index < -0.39 is 0 Å². The first-order valence-electron chi connectivity index (χ1n) is 9.40. The van der Waals surface area contributed by atoms with Crippen LogP contribution in [-0.4, -0.2) is 68.2 Å². The minimum atomic E-state index is 0.0626. The van der Waals surface area contributed by atoms with Gasteiger partial charge in [-0.3, -0.25) is 9.59 Å². The summed E-state index contributed by atoms with van der Waals surface area (Å²) < 4.78 is 10.7. The Kier molecular flexibility index (Phi) is 5.50. The molecule has 0 saturated carbocycles. The Morgan fingerprint density at radius 3 is 2.57 bits per heavy atom. The van der Waals surface area contributed by atoms with Crippen molar-refractivity contribution < 1.29 is 24.0 Å². The van der Waals surface area contributed by atoms with Gasteiger partial charge in [0.15, 0.2) is 18.0 Å². The molecule has 1 saturated heterocycles. The number of carbonyl (C=O) groups is 2. The molecule has 1 unspecified atom stereocenters. The monoisotopic (exact) mass is 402 g/mol. The molecule has 1 fully saturated rings. The van der Waals surface area contributed by atoms with Gasteiger partial charge in [0.05, 0.1) is 11.9 Å². The molecule has 0 spiro atoms. The molecule has 0 bridgehead atoms. The second-order valence-corrected chi connectivity index (χ2v) is 8.10. The number of ether oxygens (including phenoxy) is 2. The number of likely N-dealkylation sites (N-methyl/N-ethyl adjacent to an activating group) is 1. The number of amides is 2. The summed E-state index contributed by atoms with van der Waals surface area (Å²) in [5.74, 6) is 1.73. The first-order valence-corrected chi connectivity index (χ1v) is 10.3. The van der Waals surface area contributed by atoms with Gasteiger partial charge in [0.1, 0.15) is 6.54 Å². The first kappa shape index (κ1) is 18.8. The maximum atomic E-state index is 12.7. The highest BCUT2D eigenvalue weighted by atomic mass is 32.1. The highest BCUT2D eigenvalue weighted by molar-refractivity contribution is 7.12. The number of quaternary nitrogens is 1. The van der Waals surface area contributed by atoms with Crippen LogP contribution in [0.3, 0.4) is 0 Å². The summed E-state index contributed by atoms with van der Waals surface area (Å²) in [5.41, 5.74) is 1.11. The summed E-state index contributed by atoms with van der Waals surface area (Å²) >= 11 is 1.46. The fourth-order valence-electron chi connectivity index (χ4n) is 3.55. The Labute approximate surface area is 168 Å². The van der Waals surface area contributed by atoms with Crippen LogP contribution >= 0.6 is 11.3 Å². The molecule has 2 amide bonds. The van der Waals surface area contributed by atoms with Gasteiger partial charge in [-0.1, -0.05) is 6.07 Å². The van der Waals surface area contributed by atoms with Gasteiger partial charge >= 0.3 is 0 Å². The lowest BCUT2D eigenvalue weighted by Gasteiger charge is -2.34. The Morgan fingerprint density at radius 2 is 1.82 bits per heavy atom. The molecular weight excluding hydrogens is 378 g/mol. The second kappa shape index (κ2) is 8.20. The minimum absolute atomic E-state index is 0.0626. The fourth-order valence-corrected chi connectivity index (χ4v) is 4.24. The Bertz CT molecular complexity index is 847. The number of fused-ring (bicyclic) bond motifs is 1. The first-order chi connectivity index (χ1) is 13.6. The van der Waals surface area contributed by atoms with Gasteiger partial charge in [0.2, 0.25) is 6.79 Å². The van der Waals surface area contributed by atoms with Crippen LogP contribution in [0, 0.1) is 0 Å². The molecule has 8 heteroatoms. The molecule has 2 aromatic rings. The zero-order valence-corrected chi connectivity index (χ0v) is 16.7. The van der Waals surface area contributed by atoms with Gasteiger partial charge in [-0.15, -0.1) is 11.3 Å². The second-order valence-electron chi connectivity index (χ2n) is 7.15. The van der Waals surface area contributed by atoms with Crippen molar-refractivity contribution in [1.29, 1.82) is 0 Å². The van der Waals surface area contributed by atoms with E-state index in [0.29, 0.717) is 32.7 Å². The molecule has 1 aromatic carbocycles. The van der Waals surface area contributed by atoms with Crippen molar-refractivity contribution in [2.24, 2.45) is 0 Å². The van der Waals surface area contributed by atoms with E-state index in [1.165, 1.54) is 11.3 Å². The molecule has 148 valence electrons. The summed E-state index contributed by atoms with van der Waals surface area (Å²) in [6, 6.07) is 9.63. The molecule has 0 aliphatic carbocycles. The third kappa shape index (κ3) is 4.13. The summed E-state index contributed by atoms with van der Waals surface area (Å²) in [4.78, 5) is 30.6. The number of carbonyl (C=O) groups excluding carboxylic acids is 2. The molecule has 1 N–H and O–H groups in total. The number of benzene rings is 1. The maximum absolute atomic E-state index is 12.7. The van der Waals surface area contributed by atoms with Crippen molar-refractivity contribution in [3.8, 4) is 11.5 Å². The number of hydrogen-bond donors (Lipinski definition) is 1. The van der Waals surface area contributed by atoms with Crippen LogP contribution in [0.15, 0.2) is 35.7 Å². The summed E-state index contributed by atoms with van der Waals surface area (Å²) in [7, 11) is 2.01. The van der Waals surface area contributed by atoms with Crippen LogP contribution < -0.4 is 14.4 Å². The summed E-state index contributed by atoms with van der Waals surface area (Å²) in [5, 5.41) is 1.91. The van der Waals surface area contributed by atoms with Crippen LogP contribution in [0.1, 0.15) is 15.2 Å². The summed E-state index contributed by atoms with van der Waals surface area (Å²) in [6.45, 7) is 3.78. The Balaban J connectivity index is 1.25.